The SMILES string of the molecule is CC(C)(C)C(=O)OCCN1C(=O)c2cccc3c(C4CCCCC4)ccc(c23)C1=O. The highest BCUT2D eigenvalue weighted by Crippen LogP contribution is 2.39. The van der Waals surface area contributed by atoms with Gasteiger partial charge in [0.1, 0.15) is 6.61 Å². The molecular formula is C25H29NO4. The molecule has 1 aliphatic carbocycles. The van der Waals surface area contributed by atoms with E-state index < -0.39 is 5.41 Å². The number of ether oxygens (including phenoxy) is 1. The predicted octanol–water partition coefficient (Wildman–Crippen LogP) is 5.07. The average molecular weight is 408 g/mol. The van der Waals surface area contributed by atoms with Gasteiger partial charge in [-0.25, -0.2) is 0 Å². The van der Waals surface area contributed by atoms with Gasteiger partial charge >= 0.3 is 5.97 Å². The molecule has 5 nitrogen and oxygen atoms in total. The second-order valence-corrected chi connectivity index (χ2v) is 9.41. The summed E-state index contributed by atoms with van der Waals surface area (Å²) in [5.74, 6) is -0.487. The van der Waals surface area contributed by atoms with Crippen LogP contribution in [0.25, 0.3) is 10.8 Å². The molecule has 5 heteroatoms. The van der Waals surface area contributed by atoms with Crippen LogP contribution in [0.2, 0.25) is 0 Å². The average Bonchev–Trinajstić information content (AvgIpc) is 2.73. The van der Waals surface area contributed by atoms with Gasteiger partial charge in [0, 0.05) is 16.5 Å². The number of hydrogen-bond acceptors (Lipinski definition) is 4. The molecule has 0 unspecified atom stereocenters. The lowest BCUT2D eigenvalue weighted by Crippen LogP contribution is -2.42. The molecule has 0 atom stereocenters. The van der Waals surface area contributed by atoms with E-state index in [4.69, 9.17) is 4.74 Å². The zero-order chi connectivity index (χ0) is 21.5. The van der Waals surface area contributed by atoms with Crippen LogP contribution >= 0.6 is 0 Å². The minimum atomic E-state index is -0.621. The van der Waals surface area contributed by atoms with Crippen molar-refractivity contribution in [2.75, 3.05) is 13.2 Å². The van der Waals surface area contributed by atoms with Crippen molar-refractivity contribution in [2.45, 2.75) is 58.8 Å². The van der Waals surface area contributed by atoms with Crippen LogP contribution in [0.5, 0.6) is 0 Å². The molecule has 2 amide bonds. The summed E-state index contributed by atoms with van der Waals surface area (Å²) in [4.78, 5) is 39.5. The lowest BCUT2D eigenvalue weighted by molar-refractivity contribution is -0.153. The maximum Gasteiger partial charge on any atom is 0.311 e. The third kappa shape index (κ3) is 3.62. The van der Waals surface area contributed by atoms with Crippen LogP contribution < -0.4 is 0 Å². The van der Waals surface area contributed by atoms with Gasteiger partial charge in [-0.1, -0.05) is 37.5 Å². The van der Waals surface area contributed by atoms with Crippen molar-refractivity contribution < 1.29 is 19.1 Å². The number of rotatable bonds is 4. The van der Waals surface area contributed by atoms with E-state index in [0.29, 0.717) is 17.0 Å². The maximum atomic E-state index is 13.1. The largest absolute Gasteiger partial charge is 0.463 e. The normalized spacial score (nSPS) is 17.5. The van der Waals surface area contributed by atoms with Crippen molar-refractivity contribution >= 4 is 28.6 Å². The van der Waals surface area contributed by atoms with E-state index in [2.05, 4.69) is 6.07 Å². The number of imide groups is 1. The first-order valence-corrected chi connectivity index (χ1v) is 10.9. The maximum absolute atomic E-state index is 13.1. The molecule has 0 spiro atoms. The molecule has 30 heavy (non-hydrogen) atoms. The van der Waals surface area contributed by atoms with E-state index in [1.54, 1.807) is 26.8 Å². The van der Waals surface area contributed by atoms with Gasteiger partial charge < -0.3 is 4.74 Å². The van der Waals surface area contributed by atoms with Crippen LogP contribution in [0, 0.1) is 5.41 Å². The molecule has 0 radical (unpaired) electrons. The van der Waals surface area contributed by atoms with Crippen LogP contribution in [0.4, 0.5) is 0 Å². The summed E-state index contributed by atoms with van der Waals surface area (Å²) in [6.07, 6.45) is 6.06. The molecule has 4 rings (SSSR count). The van der Waals surface area contributed by atoms with Crippen molar-refractivity contribution in [3.05, 3.63) is 47.0 Å². The van der Waals surface area contributed by atoms with Gasteiger partial charge in [-0.05, 0) is 62.6 Å². The van der Waals surface area contributed by atoms with E-state index in [1.807, 2.05) is 18.2 Å². The smallest absolute Gasteiger partial charge is 0.311 e. The standard InChI is InChI=1S/C25H29NO4/c1-25(2,3)24(29)30-15-14-26-22(27)19-11-7-10-18-17(16-8-5-4-6-9-16)12-13-20(21(18)19)23(26)28/h7,10-13,16H,4-6,8-9,14-15H2,1-3H3. The third-order valence-electron chi connectivity index (χ3n) is 6.23. The number of carbonyl (C=O) groups excluding carboxylic acids is 3. The molecule has 158 valence electrons. The zero-order valence-electron chi connectivity index (χ0n) is 18.0. The van der Waals surface area contributed by atoms with Gasteiger partial charge in [0.25, 0.3) is 11.8 Å². The van der Waals surface area contributed by atoms with Crippen molar-refractivity contribution in [3.63, 3.8) is 0 Å². The van der Waals surface area contributed by atoms with E-state index in [9.17, 15) is 14.4 Å². The molecule has 2 aromatic rings. The van der Waals surface area contributed by atoms with E-state index in [-0.39, 0.29) is 30.9 Å². The minimum absolute atomic E-state index is 0.000942. The second kappa shape index (κ2) is 7.86. The second-order valence-electron chi connectivity index (χ2n) is 9.41. The summed E-state index contributed by atoms with van der Waals surface area (Å²) < 4.78 is 5.28. The fourth-order valence-corrected chi connectivity index (χ4v) is 4.59. The molecule has 2 aromatic carbocycles. The fraction of sp³-hybridized carbons (Fsp3) is 0.480. The van der Waals surface area contributed by atoms with Gasteiger partial charge in [-0.3, -0.25) is 19.3 Å². The Kier molecular flexibility index (Phi) is 5.39. The zero-order valence-corrected chi connectivity index (χ0v) is 18.0. The highest BCUT2D eigenvalue weighted by Gasteiger charge is 2.34. The van der Waals surface area contributed by atoms with Crippen LogP contribution in [0.1, 0.15) is 85.1 Å². The Balaban J connectivity index is 1.63. The Hall–Kier alpha value is -2.69. The number of nitrogens with zero attached hydrogens (tertiary/aromatic N) is 1. The third-order valence-corrected chi connectivity index (χ3v) is 6.23. The van der Waals surface area contributed by atoms with E-state index in [1.165, 1.54) is 29.7 Å². The Bertz CT molecular complexity index is 989. The number of esters is 1. The summed E-state index contributed by atoms with van der Waals surface area (Å²) in [7, 11) is 0. The highest BCUT2D eigenvalue weighted by atomic mass is 16.5. The molecule has 1 saturated carbocycles. The predicted molar refractivity (Wildman–Crippen MR) is 116 cm³/mol. The van der Waals surface area contributed by atoms with Gasteiger partial charge in [0.2, 0.25) is 0 Å². The van der Waals surface area contributed by atoms with E-state index >= 15 is 0 Å². The number of benzene rings is 2. The highest BCUT2D eigenvalue weighted by molar-refractivity contribution is 6.25. The first-order valence-electron chi connectivity index (χ1n) is 10.9. The number of carbonyl (C=O) groups is 3. The van der Waals surface area contributed by atoms with Crippen molar-refractivity contribution in [3.8, 4) is 0 Å². The molecule has 1 fully saturated rings. The van der Waals surface area contributed by atoms with Crippen LogP contribution in [0.3, 0.4) is 0 Å². The summed E-state index contributed by atoms with van der Waals surface area (Å²) in [5.41, 5.74) is 1.75. The number of amides is 2. The van der Waals surface area contributed by atoms with Gasteiger partial charge in [-0.15, -0.1) is 0 Å². The molecular weight excluding hydrogens is 378 g/mol. The Morgan fingerprint density at radius 3 is 2.33 bits per heavy atom. The summed E-state index contributed by atoms with van der Waals surface area (Å²) in [5, 5.41) is 1.80. The van der Waals surface area contributed by atoms with Crippen molar-refractivity contribution in [2.24, 2.45) is 5.41 Å². The Morgan fingerprint density at radius 2 is 1.67 bits per heavy atom. The molecule has 1 aliphatic heterocycles. The summed E-state index contributed by atoms with van der Waals surface area (Å²) in [6.45, 7) is 5.37. The van der Waals surface area contributed by atoms with Crippen molar-refractivity contribution in [1.82, 2.24) is 4.90 Å². The summed E-state index contributed by atoms with van der Waals surface area (Å²) in [6, 6.07) is 9.67. The van der Waals surface area contributed by atoms with Gasteiger partial charge in [0.15, 0.2) is 0 Å². The Labute approximate surface area is 177 Å². The number of hydrogen-bond donors (Lipinski definition) is 0. The lowest BCUT2D eigenvalue weighted by Gasteiger charge is -2.29. The fourth-order valence-electron chi connectivity index (χ4n) is 4.59. The first-order chi connectivity index (χ1) is 14.3. The van der Waals surface area contributed by atoms with Crippen LogP contribution in [0.15, 0.2) is 30.3 Å². The van der Waals surface area contributed by atoms with Crippen LogP contribution in [-0.4, -0.2) is 35.8 Å². The lowest BCUT2D eigenvalue weighted by atomic mass is 9.80. The quantitative estimate of drug-likeness (QED) is 0.524. The molecule has 0 aromatic heterocycles. The van der Waals surface area contributed by atoms with Crippen LogP contribution in [-0.2, 0) is 9.53 Å². The Morgan fingerprint density at radius 1 is 1.00 bits per heavy atom. The van der Waals surface area contributed by atoms with Crippen molar-refractivity contribution in [1.29, 1.82) is 0 Å². The molecule has 0 bridgehead atoms. The van der Waals surface area contributed by atoms with Gasteiger partial charge in [-0.2, -0.15) is 0 Å². The minimum Gasteiger partial charge on any atom is -0.463 e. The molecule has 1 heterocycles. The summed E-state index contributed by atoms with van der Waals surface area (Å²) >= 11 is 0. The van der Waals surface area contributed by atoms with Gasteiger partial charge in [0.05, 0.1) is 12.0 Å². The molecule has 0 saturated heterocycles. The molecule has 2 aliphatic rings. The van der Waals surface area contributed by atoms with E-state index in [0.717, 1.165) is 23.6 Å². The first kappa shape index (κ1) is 20.6. The topological polar surface area (TPSA) is 63.7 Å². The molecule has 0 N–H and O–H groups in total. The monoisotopic (exact) mass is 407 g/mol.